The predicted octanol–water partition coefficient (Wildman–Crippen LogP) is 8.26. The van der Waals surface area contributed by atoms with Gasteiger partial charge in [-0.15, -0.1) is 0 Å². The van der Waals surface area contributed by atoms with Crippen molar-refractivity contribution in [2.24, 2.45) is 0 Å². The Morgan fingerprint density at radius 3 is 1.27 bits per heavy atom. The molecular formula is C42H34O4SiTi. The van der Waals surface area contributed by atoms with E-state index in [1.54, 1.807) is 24.3 Å². The van der Waals surface area contributed by atoms with Gasteiger partial charge in [-0.25, -0.2) is 0 Å². The topological polar surface area (TPSA) is 52.6 Å². The van der Waals surface area contributed by atoms with Gasteiger partial charge in [0.05, 0.1) is 0 Å². The first-order valence-electron chi connectivity index (χ1n) is 16.4. The van der Waals surface area contributed by atoms with Gasteiger partial charge in [-0.3, -0.25) is 0 Å². The fraction of sp³-hybridized carbons (Fsp3) is 0.0952. The van der Waals surface area contributed by atoms with Gasteiger partial charge in [0.25, 0.3) is 0 Å². The van der Waals surface area contributed by atoms with Crippen molar-refractivity contribution in [1.29, 1.82) is 0 Å². The summed E-state index contributed by atoms with van der Waals surface area (Å²) in [6, 6.07) is 47.7. The average molecular weight is 679 g/mol. The van der Waals surface area contributed by atoms with Crippen molar-refractivity contribution in [3.05, 3.63) is 179 Å². The maximum absolute atomic E-state index is 14.7. The van der Waals surface area contributed by atoms with E-state index in [1.807, 2.05) is 36.4 Å². The van der Waals surface area contributed by atoms with E-state index in [4.69, 9.17) is 6.64 Å². The summed E-state index contributed by atoms with van der Waals surface area (Å²) in [6.07, 6.45) is -0.482. The monoisotopic (exact) mass is 678 g/mol. The summed E-state index contributed by atoms with van der Waals surface area (Å²) in [5, 5.41) is 0. The molecule has 0 aromatic heterocycles. The molecule has 0 radical (unpaired) electrons. The molecule has 6 aromatic carbocycles. The summed E-state index contributed by atoms with van der Waals surface area (Å²) in [5.41, 5.74) is 9.97. The SMILES string of the molecule is C[Si](C)=[Ti]([O]C(=O)c1ccccc1)([O]C(=O)c1ccccc1)([c]1cccc2c1Cc1ccccc1-2)[c]1cccc2c1Cc1ccccc1-2. The van der Waals surface area contributed by atoms with Crippen LogP contribution in [0.15, 0.2) is 146 Å². The van der Waals surface area contributed by atoms with E-state index in [0.717, 1.165) is 41.1 Å². The minimum absolute atomic E-state index is 0.429. The van der Waals surface area contributed by atoms with Gasteiger partial charge in [0.2, 0.25) is 0 Å². The van der Waals surface area contributed by atoms with Crippen LogP contribution < -0.4 is 7.74 Å². The van der Waals surface area contributed by atoms with E-state index >= 15 is 0 Å². The Labute approximate surface area is 282 Å². The Balaban J connectivity index is 1.52. The molecule has 0 bridgehead atoms. The molecular weight excluding hydrogens is 644 g/mol. The van der Waals surface area contributed by atoms with E-state index in [2.05, 4.69) is 98.0 Å². The molecule has 2 aliphatic carbocycles. The third-order valence-corrected chi connectivity index (χ3v) is 29.9. The average Bonchev–Trinajstić information content (AvgIpc) is 3.70. The van der Waals surface area contributed by atoms with Gasteiger partial charge in [0.15, 0.2) is 0 Å². The first-order chi connectivity index (χ1) is 23.4. The number of carbonyl (C=O) groups is 2. The molecule has 0 spiro atoms. The van der Waals surface area contributed by atoms with Crippen LogP contribution in [0, 0.1) is 0 Å². The maximum atomic E-state index is 14.7. The van der Waals surface area contributed by atoms with Crippen LogP contribution in [0.4, 0.5) is 0 Å². The minimum atomic E-state index is -5.81. The van der Waals surface area contributed by atoms with E-state index in [0.29, 0.717) is 24.0 Å². The molecule has 0 saturated carbocycles. The van der Waals surface area contributed by atoms with Crippen LogP contribution in [0.1, 0.15) is 43.0 Å². The Morgan fingerprint density at radius 2 is 0.854 bits per heavy atom. The van der Waals surface area contributed by atoms with E-state index in [1.165, 1.54) is 11.1 Å². The Bertz CT molecular complexity index is 2180. The zero-order valence-corrected chi connectivity index (χ0v) is 29.5. The normalized spacial score (nSPS) is 12.7. The van der Waals surface area contributed by atoms with E-state index in [9.17, 15) is 9.59 Å². The molecule has 6 heteroatoms. The Kier molecular flexibility index (Phi) is 7.44. The summed E-state index contributed by atoms with van der Waals surface area (Å²) >= 11 is -5.81. The van der Waals surface area contributed by atoms with Crippen LogP contribution in [0.2, 0.25) is 13.1 Å². The zero-order valence-electron chi connectivity index (χ0n) is 26.9. The van der Waals surface area contributed by atoms with Crippen molar-refractivity contribution >= 4 is 25.9 Å². The summed E-state index contributed by atoms with van der Waals surface area (Å²) < 4.78 is 16.5. The third kappa shape index (κ3) is 4.53. The fourth-order valence-electron chi connectivity index (χ4n) is 7.91. The van der Waals surface area contributed by atoms with Gasteiger partial charge in [-0.1, -0.05) is 0 Å². The van der Waals surface area contributed by atoms with E-state index < -0.39 is 32.9 Å². The van der Waals surface area contributed by atoms with Crippen molar-refractivity contribution in [2.45, 2.75) is 25.9 Å². The summed E-state index contributed by atoms with van der Waals surface area (Å²) in [5.74, 6) is -0.943. The molecule has 48 heavy (non-hydrogen) atoms. The Hall–Kier alpha value is -4.81. The van der Waals surface area contributed by atoms with Gasteiger partial charge in [0, 0.05) is 0 Å². The number of hydrogen-bond donors (Lipinski definition) is 0. The predicted molar refractivity (Wildman–Crippen MR) is 190 cm³/mol. The Morgan fingerprint density at radius 1 is 0.479 bits per heavy atom. The standard InChI is InChI=1S/2C13H9.2C7H6O2.C2H6Si.Ti/c2*1-3-7-12-10(5-1)9-11-6-2-4-8-13(11)12;2*8-7(9)6-4-2-1-3-5-6;1-3-2;/h2*1-5,7-8H,9H2;2*1-5H,(H,8,9);1-2H3;/q;;;;;+2/p-2. The van der Waals surface area contributed by atoms with Crippen molar-refractivity contribution in [3.63, 3.8) is 0 Å². The summed E-state index contributed by atoms with van der Waals surface area (Å²) in [7, 11) is 0. The molecule has 0 saturated heterocycles. The second kappa shape index (κ2) is 11.7. The van der Waals surface area contributed by atoms with Gasteiger partial charge in [-0.2, -0.15) is 0 Å². The summed E-state index contributed by atoms with van der Waals surface area (Å²) in [4.78, 5) is 29.4. The second-order valence-corrected chi connectivity index (χ2v) is 29.0. The van der Waals surface area contributed by atoms with Crippen molar-refractivity contribution in [2.75, 3.05) is 0 Å². The molecule has 8 rings (SSSR count). The molecule has 234 valence electrons. The van der Waals surface area contributed by atoms with Gasteiger partial charge < -0.3 is 0 Å². The van der Waals surface area contributed by atoms with Crippen LogP contribution >= 0.6 is 0 Å². The van der Waals surface area contributed by atoms with Crippen molar-refractivity contribution < 1.29 is 31.0 Å². The number of fused-ring (bicyclic) bond motifs is 6. The van der Waals surface area contributed by atoms with Crippen LogP contribution in [-0.4, -0.2) is 18.1 Å². The second-order valence-electron chi connectivity index (χ2n) is 12.9. The molecule has 6 aromatic rings. The molecule has 2 aliphatic rings. The number of hydrogen-bond acceptors (Lipinski definition) is 4. The molecule has 0 unspecified atom stereocenters. The van der Waals surface area contributed by atoms with Gasteiger partial charge >= 0.3 is 284 Å². The van der Waals surface area contributed by atoms with Gasteiger partial charge in [-0.05, 0) is 0 Å². The van der Waals surface area contributed by atoms with Crippen LogP contribution in [0.5, 0.6) is 0 Å². The number of rotatable bonds is 6. The molecule has 0 fully saturated rings. The van der Waals surface area contributed by atoms with Crippen molar-refractivity contribution in [1.82, 2.24) is 0 Å². The molecule has 0 atom stereocenters. The molecule has 4 nitrogen and oxygen atoms in total. The van der Waals surface area contributed by atoms with Crippen LogP contribution in [0.3, 0.4) is 0 Å². The fourth-order valence-corrected chi connectivity index (χ4v) is 25.4. The number of carbonyl (C=O) groups excluding carboxylic acids is 2. The van der Waals surface area contributed by atoms with Crippen molar-refractivity contribution in [3.8, 4) is 22.3 Å². The number of benzene rings is 6. The first kappa shape index (κ1) is 30.5. The molecule has 0 heterocycles. The third-order valence-electron chi connectivity index (χ3n) is 10.2. The molecule has 0 N–H and O–H groups in total. The van der Waals surface area contributed by atoms with Crippen LogP contribution in [0.25, 0.3) is 22.3 Å². The first-order valence-corrected chi connectivity index (χ1v) is 24.0. The molecule has 0 amide bonds. The zero-order chi connectivity index (χ0) is 32.9. The molecule has 0 aliphatic heterocycles. The quantitative estimate of drug-likeness (QED) is 0.166. The van der Waals surface area contributed by atoms with Crippen LogP contribution in [-0.2, 0) is 34.3 Å². The van der Waals surface area contributed by atoms with Gasteiger partial charge in [0.1, 0.15) is 0 Å². The van der Waals surface area contributed by atoms with E-state index in [-0.39, 0.29) is 0 Å². The summed E-state index contributed by atoms with van der Waals surface area (Å²) in [6.45, 7) is 4.34.